The van der Waals surface area contributed by atoms with Gasteiger partial charge in [0.15, 0.2) is 0 Å². The number of nitrogens with zero attached hydrogens (tertiary/aromatic N) is 1. The number of nitrogens with one attached hydrogen (secondary N) is 1. The Morgan fingerprint density at radius 2 is 1.87 bits per heavy atom. The lowest BCUT2D eigenvalue weighted by Crippen LogP contribution is -2.20. The van der Waals surface area contributed by atoms with Crippen LogP contribution in [-0.2, 0) is 19.1 Å². The SMILES string of the molecule is C=CN1CCCC1=O.C=COC(=O)C(C)(C)C.O=C1CCCN1. The molecule has 1 N–H and O–H groups in total. The number of hydrogen-bond acceptors (Lipinski definition) is 4. The van der Waals surface area contributed by atoms with Gasteiger partial charge in [-0.1, -0.05) is 13.2 Å². The summed E-state index contributed by atoms with van der Waals surface area (Å²) in [5, 5.41) is 2.68. The van der Waals surface area contributed by atoms with Crippen molar-refractivity contribution in [2.24, 2.45) is 5.41 Å². The minimum atomic E-state index is -0.422. The molecule has 2 rings (SSSR count). The van der Waals surface area contributed by atoms with Gasteiger partial charge in [-0.25, -0.2) is 0 Å². The molecule has 2 aliphatic rings. The van der Waals surface area contributed by atoms with Crippen LogP contribution in [0.3, 0.4) is 0 Å². The number of carbonyl (C=O) groups is 3. The Labute approximate surface area is 138 Å². The third kappa shape index (κ3) is 9.50. The number of rotatable bonds is 2. The number of esters is 1. The lowest BCUT2D eigenvalue weighted by atomic mass is 9.98. The minimum Gasteiger partial charge on any atom is -0.435 e. The zero-order chi connectivity index (χ0) is 17.9. The van der Waals surface area contributed by atoms with Crippen LogP contribution in [0, 0.1) is 5.41 Å². The van der Waals surface area contributed by atoms with Gasteiger partial charge in [0.05, 0.1) is 11.7 Å². The monoisotopic (exact) mass is 324 g/mol. The molecule has 6 nitrogen and oxygen atoms in total. The summed E-state index contributed by atoms with van der Waals surface area (Å²) in [7, 11) is 0. The van der Waals surface area contributed by atoms with Crippen LogP contribution in [0.2, 0.25) is 0 Å². The summed E-state index contributed by atoms with van der Waals surface area (Å²) in [6, 6.07) is 0. The van der Waals surface area contributed by atoms with E-state index in [4.69, 9.17) is 0 Å². The molecule has 0 atom stereocenters. The molecule has 2 heterocycles. The second kappa shape index (κ2) is 10.6. The third-order valence-electron chi connectivity index (χ3n) is 3.04. The molecule has 130 valence electrons. The molecular weight excluding hydrogens is 296 g/mol. The normalized spacial score (nSPS) is 16.4. The second-order valence-electron chi connectivity index (χ2n) is 6.15. The molecule has 0 spiro atoms. The van der Waals surface area contributed by atoms with E-state index >= 15 is 0 Å². The molecule has 0 aromatic heterocycles. The van der Waals surface area contributed by atoms with E-state index in [1.165, 1.54) is 0 Å². The first kappa shape index (κ1) is 20.9. The second-order valence-corrected chi connectivity index (χ2v) is 6.15. The standard InChI is InChI=1S/C7H12O2.C6H9NO.C4H7NO/c1-5-9-6(8)7(2,3)4;1-2-7-5-3-4-6(7)8;6-4-2-1-3-5-4/h5H,1H2,2-4H3;2H,1,3-5H2;1-3H2,(H,5,6). The molecule has 0 aliphatic carbocycles. The molecule has 0 radical (unpaired) electrons. The molecule has 2 amide bonds. The van der Waals surface area contributed by atoms with Crippen LogP contribution in [0.15, 0.2) is 25.6 Å². The zero-order valence-corrected chi connectivity index (χ0v) is 14.4. The fourth-order valence-corrected chi connectivity index (χ4v) is 1.68. The molecule has 23 heavy (non-hydrogen) atoms. The smallest absolute Gasteiger partial charge is 0.316 e. The highest BCUT2D eigenvalue weighted by atomic mass is 16.5. The maximum absolute atomic E-state index is 10.8. The summed E-state index contributed by atoms with van der Waals surface area (Å²) in [5.41, 5.74) is -0.422. The van der Waals surface area contributed by atoms with E-state index in [0.717, 1.165) is 38.6 Å². The minimum absolute atomic E-state index is 0.204. The topological polar surface area (TPSA) is 75.7 Å². The van der Waals surface area contributed by atoms with Crippen molar-refractivity contribution in [1.29, 1.82) is 0 Å². The fraction of sp³-hybridized carbons (Fsp3) is 0.588. The first-order chi connectivity index (χ1) is 10.7. The quantitative estimate of drug-likeness (QED) is 0.625. The van der Waals surface area contributed by atoms with Crippen LogP contribution in [0.5, 0.6) is 0 Å². The highest BCUT2D eigenvalue weighted by Crippen LogP contribution is 2.14. The Bertz CT molecular complexity index is 430. The number of carbonyl (C=O) groups excluding carboxylic acids is 3. The highest BCUT2D eigenvalue weighted by molar-refractivity contribution is 5.79. The molecule has 0 aromatic carbocycles. The van der Waals surface area contributed by atoms with E-state index < -0.39 is 5.41 Å². The van der Waals surface area contributed by atoms with E-state index in [1.54, 1.807) is 31.9 Å². The van der Waals surface area contributed by atoms with Crippen molar-refractivity contribution in [2.75, 3.05) is 13.1 Å². The van der Waals surface area contributed by atoms with Crippen molar-refractivity contribution < 1.29 is 19.1 Å². The van der Waals surface area contributed by atoms with Gasteiger partial charge in [-0.3, -0.25) is 14.4 Å². The maximum atomic E-state index is 10.8. The maximum Gasteiger partial charge on any atom is 0.316 e. The molecule has 0 bridgehead atoms. The largest absolute Gasteiger partial charge is 0.435 e. The molecule has 0 aromatic rings. The third-order valence-corrected chi connectivity index (χ3v) is 3.04. The van der Waals surface area contributed by atoms with Crippen LogP contribution >= 0.6 is 0 Å². The van der Waals surface area contributed by atoms with E-state index in [0.29, 0.717) is 6.42 Å². The van der Waals surface area contributed by atoms with E-state index in [-0.39, 0.29) is 17.8 Å². The molecule has 2 fully saturated rings. The number of likely N-dealkylation sites (tertiary alicyclic amines) is 1. The first-order valence-corrected chi connectivity index (χ1v) is 7.73. The molecule has 2 saturated heterocycles. The summed E-state index contributed by atoms with van der Waals surface area (Å²) >= 11 is 0. The van der Waals surface area contributed by atoms with Crippen molar-refractivity contribution in [3.63, 3.8) is 0 Å². The van der Waals surface area contributed by atoms with Crippen LogP contribution in [0.25, 0.3) is 0 Å². The van der Waals surface area contributed by atoms with Crippen molar-refractivity contribution >= 4 is 17.8 Å². The van der Waals surface area contributed by atoms with Gasteiger partial charge in [0.2, 0.25) is 11.8 Å². The van der Waals surface area contributed by atoms with Crippen molar-refractivity contribution in [1.82, 2.24) is 10.2 Å². The van der Waals surface area contributed by atoms with E-state index in [2.05, 4.69) is 23.2 Å². The van der Waals surface area contributed by atoms with Gasteiger partial charge in [-0.05, 0) is 39.8 Å². The zero-order valence-electron chi connectivity index (χ0n) is 14.4. The molecule has 6 heteroatoms. The summed E-state index contributed by atoms with van der Waals surface area (Å²) < 4.78 is 4.53. The van der Waals surface area contributed by atoms with Gasteiger partial charge in [-0.15, -0.1) is 0 Å². The van der Waals surface area contributed by atoms with Gasteiger partial charge in [-0.2, -0.15) is 0 Å². The first-order valence-electron chi connectivity index (χ1n) is 7.73. The van der Waals surface area contributed by atoms with Gasteiger partial charge < -0.3 is 15.0 Å². The van der Waals surface area contributed by atoms with Crippen LogP contribution in [-0.4, -0.2) is 35.8 Å². The predicted octanol–water partition coefficient (Wildman–Crippen LogP) is 2.37. The van der Waals surface area contributed by atoms with Crippen LogP contribution < -0.4 is 5.32 Å². The van der Waals surface area contributed by atoms with Gasteiger partial charge >= 0.3 is 5.97 Å². The van der Waals surface area contributed by atoms with Gasteiger partial charge in [0, 0.05) is 25.9 Å². The lowest BCUT2D eigenvalue weighted by molar-refractivity contribution is -0.146. The van der Waals surface area contributed by atoms with Crippen molar-refractivity contribution in [2.45, 2.75) is 46.5 Å². The number of hydrogen-bond donors (Lipinski definition) is 1. The molecule has 0 unspecified atom stereocenters. The van der Waals surface area contributed by atoms with Crippen molar-refractivity contribution in [3.05, 3.63) is 25.6 Å². The molecular formula is C17H28N2O4. The Morgan fingerprint density at radius 1 is 1.22 bits per heavy atom. The summed E-state index contributed by atoms with van der Waals surface area (Å²) in [6.45, 7) is 13.9. The summed E-state index contributed by atoms with van der Waals surface area (Å²) in [5.74, 6) is 0.160. The number of ether oxygens (including phenoxy) is 1. The Balaban J connectivity index is 0.000000321. The number of amides is 2. The molecule has 2 aliphatic heterocycles. The van der Waals surface area contributed by atoms with Gasteiger partial charge in [0.1, 0.15) is 0 Å². The van der Waals surface area contributed by atoms with E-state index in [9.17, 15) is 14.4 Å². The lowest BCUT2D eigenvalue weighted by Gasteiger charge is -2.13. The Hall–Kier alpha value is -2.11. The fourth-order valence-electron chi connectivity index (χ4n) is 1.68. The average Bonchev–Trinajstić information content (AvgIpc) is 3.10. The highest BCUT2D eigenvalue weighted by Gasteiger charge is 2.21. The van der Waals surface area contributed by atoms with Gasteiger partial charge in [0.25, 0.3) is 0 Å². The summed E-state index contributed by atoms with van der Waals surface area (Å²) in [6.07, 6.45) is 6.19. The van der Waals surface area contributed by atoms with Crippen molar-refractivity contribution in [3.8, 4) is 0 Å². The van der Waals surface area contributed by atoms with Crippen LogP contribution in [0.1, 0.15) is 46.5 Å². The average molecular weight is 324 g/mol. The molecule has 0 saturated carbocycles. The Kier molecular flexibility index (Phi) is 9.62. The Morgan fingerprint density at radius 3 is 2.04 bits per heavy atom. The predicted molar refractivity (Wildman–Crippen MR) is 89.1 cm³/mol. The van der Waals surface area contributed by atoms with E-state index in [1.807, 2.05) is 0 Å². The summed E-state index contributed by atoms with van der Waals surface area (Å²) in [4.78, 5) is 33.2. The van der Waals surface area contributed by atoms with Crippen LogP contribution in [0.4, 0.5) is 0 Å².